The summed E-state index contributed by atoms with van der Waals surface area (Å²) in [5.74, 6) is 0.642. The van der Waals surface area contributed by atoms with Crippen molar-refractivity contribution < 1.29 is 13.2 Å². The van der Waals surface area contributed by atoms with Crippen LogP contribution in [0.1, 0.15) is 24.1 Å². The number of pyridine rings is 2. The molecule has 3 N–H and O–H groups in total. The quantitative estimate of drug-likeness (QED) is 0.644. The van der Waals surface area contributed by atoms with Crippen LogP contribution in [-0.4, -0.2) is 34.1 Å². The van der Waals surface area contributed by atoms with E-state index in [9.17, 15) is 13.2 Å². The lowest BCUT2D eigenvalue weighted by atomic mass is 10.0. The van der Waals surface area contributed by atoms with E-state index in [1.54, 1.807) is 19.2 Å². The number of aromatic amines is 1. The van der Waals surface area contributed by atoms with E-state index in [0.29, 0.717) is 28.4 Å². The number of halogens is 3. The summed E-state index contributed by atoms with van der Waals surface area (Å²) in [7, 11) is 0. The first kappa shape index (κ1) is 17.8. The normalized spacial score (nSPS) is 16.0. The first-order valence-corrected chi connectivity index (χ1v) is 8.92. The number of anilines is 1. The average Bonchev–Trinajstić information content (AvgIpc) is 3.09. The molecule has 1 aliphatic rings. The van der Waals surface area contributed by atoms with Crippen molar-refractivity contribution in [1.82, 2.24) is 20.3 Å². The van der Waals surface area contributed by atoms with E-state index in [-0.39, 0.29) is 6.04 Å². The van der Waals surface area contributed by atoms with Gasteiger partial charge >= 0.3 is 6.18 Å². The molecule has 0 radical (unpaired) electrons. The maximum absolute atomic E-state index is 13.2. The van der Waals surface area contributed by atoms with Crippen molar-refractivity contribution in [3.8, 4) is 11.3 Å². The second kappa shape index (κ2) is 6.84. The molecule has 1 aliphatic heterocycles. The maximum atomic E-state index is 13.2. The standard InChI is InChI=1S/C19H20F3N5/c1-11-8-12(19(20,21)22)9-16(25-11)15-10-17(26-13-2-5-23-6-3-13)27-18-14(15)4-7-24-18/h4,7-10,13,23H,2-3,5-6H2,1H3,(H2,24,26,27). The number of aromatic nitrogens is 3. The first-order chi connectivity index (χ1) is 12.9. The van der Waals surface area contributed by atoms with Crippen LogP contribution in [0.5, 0.6) is 0 Å². The Morgan fingerprint density at radius 3 is 2.63 bits per heavy atom. The Hall–Kier alpha value is -2.61. The zero-order chi connectivity index (χ0) is 19.0. The van der Waals surface area contributed by atoms with Gasteiger partial charge in [-0.05, 0) is 57.1 Å². The van der Waals surface area contributed by atoms with Crippen molar-refractivity contribution >= 4 is 16.9 Å². The third-order valence-corrected chi connectivity index (χ3v) is 4.78. The van der Waals surface area contributed by atoms with Gasteiger partial charge in [0.1, 0.15) is 11.5 Å². The van der Waals surface area contributed by atoms with Crippen molar-refractivity contribution in [3.05, 3.63) is 41.7 Å². The molecule has 3 aromatic heterocycles. The van der Waals surface area contributed by atoms with Crippen molar-refractivity contribution in [2.75, 3.05) is 18.4 Å². The Kier molecular flexibility index (Phi) is 4.51. The molecule has 4 heterocycles. The number of piperidine rings is 1. The number of rotatable bonds is 3. The van der Waals surface area contributed by atoms with Crippen LogP contribution >= 0.6 is 0 Å². The second-order valence-electron chi connectivity index (χ2n) is 6.84. The molecule has 0 saturated carbocycles. The topological polar surface area (TPSA) is 65.6 Å². The number of alkyl halides is 3. The molecule has 1 fully saturated rings. The summed E-state index contributed by atoms with van der Waals surface area (Å²) in [6.45, 7) is 3.44. The zero-order valence-electron chi connectivity index (χ0n) is 14.8. The molecule has 0 amide bonds. The van der Waals surface area contributed by atoms with E-state index in [2.05, 4.69) is 25.6 Å². The predicted octanol–water partition coefficient (Wildman–Crippen LogP) is 4.12. The summed E-state index contributed by atoms with van der Waals surface area (Å²) in [6.07, 6.45) is -0.736. The lowest BCUT2D eigenvalue weighted by Gasteiger charge is -2.24. The highest BCUT2D eigenvalue weighted by molar-refractivity contribution is 5.93. The highest BCUT2D eigenvalue weighted by Gasteiger charge is 2.31. The van der Waals surface area contributed by atoms with E-state index < -0.39 is 11.7 Å². The van der Waals surface area contributed by atoms with Gasteiger partial charge in [-0.3, -0.25) is 4.98 Å². The number of H-pyrrole nitrogens is 1. The van der Waals surface area contributed by atoms with Crippen LogP contribution < -0.4 is 10.6 Å². The molecule has 142 valence electrons. The maximum Gasteiger partial charge on any atom is 0.416 e. The van der Waals surface area contributed by atoms with Gasteiger partial charge in [0.15, 0.2) is 0 Å². The molecule has 27 heavy (non-hydrogen) atoms. The zero-order valence-corrected chi connectivity index (χ0v) is 14.8. The molecule has 4 rings (SSSR count). The molecule has 0 atom stereocenters. The van der Waals surface area contributed by atoms with Crippen molar-refractivity contribution in [1.29, 1.82) is 0 Å². The summed E-state index contributed by atoms with van der Waals surface area (Å²) in [5.41, 5.74) is 1.18. The summed E-state index contributed by atoms with van der Waals surface area (Å²) < 4.78 is 39.7. The molecule has 0 aliphatic carbocycles. The Balaban J connectivity index is 1.79. The molecule has 0 spiro atoms. The van der Waals surface area contributed by atoms with E-state index in [1.165, 1.54) is 0 Å². The average molecular weight is 375 g/mol. The van der Waals surface area contributed by atoms with Crippen LogP contribution in [0, 0.1) is 6.92 Å². The highest BCUT2D eigenvalue weighted by atomic mass is 19.4. The molecular weight excluding hydrogens is 355 g/mol. The fourth-order valence-electron chi connectivity index (χ4n) is 3.47. The van der Waals surface area contributed by atoms with Gasteiger partial charge in [-0.25, -0.2) is 4.98 Å². The SMILES string of the molecule is Cc1cc(C(F)(F)F)cc(-c2cc(NC3CCNCC3)nc3[nH]ccc23)n1. The Labute approximate surface area is 154 Å². The summed E-state index contributed by atoms with van der Waals surface area (Å²) in [4.78, 5) is 12.0. The summed E-state index contributed by atoms with van der Waals surface area (Å²) >= 11 is 0. The molecule has 1 saturated heterocycles. The number of hydrogen-bond acceptors (Lipinski definition) is 4. The van der Waals surface area contributed by atoms with Crippen molar-refractivity contribution in [2.24, 2.45) is 0 Å². The second-order valence-corrected chi connectivity index (χ2v) is 6.84. The smallest absolute Gasteiger partial charge is 0.367 e. The summed E-state index contributed by atoms with van der Waals surface area (Å²) in [5, 5.41) is 7.47. The minimum atomic E-state index is -4.41. The Bertz CT molecular complexity index is 958. The van der Waals surface area contributed by atoms with Gasteiger partial charge in [0.2, 0.25) is 0 Å². The van der Waals surface area contributed by atoms with Gasteiger partial charge in [-0.2, -0.15) is 13.2 Å². The van der Waals surface area contributed by atoms with Gasteiger partial charge in [0.25, 0.3) is 0 Å². The lowest BCUT2D eigenvalue weighted by molar-refractivity contribution is -0.137. The van der Waals surface area contributed by atoms with E-state index in [1.807, 2.05) is 6.07 Å². The Morgan fingerprint density at radius 2 is 1.89 bits per heavy atom. The molecule has 0 aromatic carbocycles. The number of fused-ring (bicyclic) bond motifs is 1. The van der Waals surface area contributed by atoms with E-state index >= 15 is 0 Å². The van der Waals surface area contributed by atoms with Gasteiger partial charge in [0.05, 0.1) is 11.3 Å². The van der Waals surface area contributed by atoms with E-state index in [0.717, 1.165) is 43.5 Å². The van der Waals surface area contributed by atoms with Crippen LogP contribution in [0.15, 0.2) is 30.5 Å². The minimum Gasteiger partial charge on any atom is -0.367 e. The van der Waals surface area contributed by atoms with Crippen LogP contribution in [0.25, 0.3) is 22.3 Å². The van der Waals surface area contributed by atoms with Gasteiger partial charge in [0, 0.05) is 28.9 Å². The van der Waals surface area contributed by atoms with Gasteiger partial charge < -0.3 is 15.6 Å². The number of nitrogens with one attached hydrogen (secondary N) is 3. The van der Waals surface area contributed by atoms with Gasteiger partial charge in [-0.1, -0.05) is 0 Å². The fourth-order valence-corrected chi connectivity index (χ4v) is 3.47. The summed E-state index contributed by atoms with van der Waals surface area (Å²) in [6, 6.07) is 6.05. The van der Waals surface area contributed by atoms with Crippen LogP contribution in [0.4, 0.5) is 19.0 Å². The van der Waals surface area contributed by atoms with E-state index in [4.69, 9.17) is 0 Å². The number of aryl methyl sites for hydroxylation is 1. The monoisotopic (exact) mass is 375 g/mol. The molecule has 5 nitrogen and oxygen atoms in total. The molecule has 0 bridgehead atoms. The van der Waals surface area contributed by atoms with Crippen molar-refractivity contribution in [3.63, 3.8) is 0 Å². The van der Waals surface area contributed by atoms with Crippen LogP contribution in [-0.2, 0) is 6.18 Å². The largest absolute Gasteiger partial charge is 0.416 e. The lowest BCUT2D eigenvalue weighted by Crippen LogP contribution is -2.35. The third-order valence-electron chi connectivity index (χ3n) is 4.78. The van der Waals surface area contributed by atoms with Gasteiger partial charge in [-0.15, -0.1) is 0 Å². The molecular formula is C19H20F3N5. The fraction of sp³-hybridized carbons (Fsp3) is 0.368. The molecule has 0 unspecified atom stereocenters. The molecule has 8 heteroatoms. The van der Waals surface area contributed by atoms with Crippen molar-refractivity contribution in [2.45, 2.75) is 32.0 Å². The van der Waals surface area contributed by atoms with Crippen LogP contribution in [0.3, 0.4) is 0 Å². The minimum absolute atomic E-state index is 0.287. The Morgan fingerprint density at radius 1 is 1.11 bits per heavy atom. The number of hydrogen-bond donors (Lipinski definition) is 3. The molecule has 3 aromatic rings. The highest BCUT2D eigenvalue weighted by Crippen LogP contribution is 2.35. The predicted molar refractivity (Wildman–Crippen MR) is 98.6 cm³/mol. The van der Waals surface area contributed by atoms with Crippen LogP contribution in [0.2, 0.25) is 0 Å². The third kappa shape index (κ3) is 3.75. The first-order valence-electron chi connectivity index (χ1n) is 8.92. The number of nitrogens with zero attached hydrogens (tertiary/aromatic N) is 2.